The summed E-state index contributed by atoms with van der Waals surface area (Å²) in [6, 6.07) is 9.35. The van der Waals surface area contributed by atoms with Crippen LogP contribution in [0.2, 0.25) is 0 Å². The van der Waals surface area contributed by atoms with Gasteiger partial charge in [-0.15, -0.1) is 0 Å². The standard InChI is InChI=1S/C24H32N8O2/c1-15(2)31-8-10-32(11-9-31)24-16(3)12-18(14-27-24)28-23-20(21(25)34)22(29-30-23)26-13-17-4-6-19(33)7-5-17/h4-7,12,14-15,33H,8-11,13H2,1-3H3,(H2,25,34)(H3,26,28,29,30). The number of phenols is 1. The lowest BCUT2D eigenvalue weighted by molar-refractivity contribution is 0.100. The van der Waals surface area contributed by atoms with E-state index in [9.17, 15) is 9.90 Å². The molecule has 1 fully saturated rings. The highest BCUT2D eigenvalue weighted by atomic mass is 16.3. The molecule has 180 valence electrons. The molecular formula is C24H32N8O2. The van der Waals surface area contributed by atoms with Gasteiger partial charge < -0.3 is 26.4 Å². The first-order valence-electron chi connectivity index (χ1n) is 11.4. The van der Waals surface area contributed by atoms with Crippen LogP contribution in [0.1, 0.15) is 35.3 Å². The van der Waals surface area contributed by atoms with Crippen LogP contribution in [-0.4, -0.2) is 63.3 Å². The van der Waals surface area contributed by atoms with Gasteiger partial charge in [-0.3, -0.25) is 14.8 Å². The summed E-state index contributed by atoms with van der Waals surface area (Å²) < 4.78 is 0. The number of H-pyrrole nitrogens is 1. The Kier molecular flexibility index (Phi) is 6.87. The fourth-order valence-electron chi connectivity index (χ4n) is 4.16. The number of aryl methyl sites for hydroxylation is 1. The molecule has 2 aromatic heterocycles. The number of benzene rings is 1. The summed E-state index contributed by atoms with van der Waals surface area (Å²) in [6.45, 7) is 10.8. The van der Waals surface area contributed by atoms with Gasteiger partial charge in [0.15, 0.2) is 5.82 Å². The number of hydrogen-bond donors (Lipinski definition) is 5. The number of nitrogens with one attached hydrogen (secondary N) is 3. The molecule has 0 spiro atoms. The van der Waals surface area contributed by atoms with Crippen LogP contribution in [0.4, 0.5) is 23.1 Å². The van der Waals surface area contributed by atoms with E-state index in [1.54, 1.807) is 30.5 Å². The molecule has 6 N–H and O–H groups in total. The van der Waals surface area contributed by atoms with Crippen molar-refractivity contribution in [2.24, 2.45) is 5.73 Å². The van der Waals surface area contributed by atoms with Crippen molar-refractivity contribution in [3.8, 4) is 5.75 Å². The number of pyridine rings is 1. The van der Waals surface area contributed by atoms with Gasteiger partial charge in [0, 0.05) is 38.8 Å². The van der Waals surface area contributed by atoms with Gasteiger partial charge in [0.25, 0.3) is 5.91 Å². The Bertz CT molecular complexity index is 1130. The molecule has 1 amide bonds. The smallest absolute Gasteiger partial charge is 0.256 e. The van der Waals surface area contributed by atoms with E-state index < -0.39 is 5.91 Å². The molecule has 0 aliphatic carbocycles. The van der Waals surface area contributed by atoms with Crippen LogP contribution in [0.15, 0.2) is 36.5 Å². The topological polar surface area (TPSA) is 135 Å². The van der Waals surface area contributed by atoms with E-state index in [-0.39, 0.29) is 11.3 Å². The Hall–Kier alpha value is -3.79. The van der Waals surface area contributed by atoms with Crippen LogP contribution in [0.25, 0.3) is 0 Å². The molecule has 1 aliphatic heterocycles. The summed E-state index contributed by atoms with van der Waals surface area (Å²) in [5.41, 5.74) is 8.59. The number of rotatable bonds is 8. The summed E-state index contributed by atoms with van der Waals surface area (Å²) in [5.74, 6) is 1.33. The van der Waals surface area contributed by atoms with Crippen LogP contribution in [0.5, 0.6) is 5.75 Å². The van der Waals surface area contributed by atoms with Gasteiger partial charge in [-0.2, -0.15) is 5.10 Å². The van der Waals surface area contributed by atoms with E-state index in [2.05, 4.69) is 49.5 Å². The number of nitrogens with zero attached hydrogens (tertiary/aromatic N) is 4. The van der Waals surface area contributed by atoms with Crippen molar-refractivity contribution in [3.63, 3.8) is 0 Å². The van der Waals surface area contributed by atoms with Crippen LogP contribution >= 0.6 is 0 Å². The lowest BCUT2D eigenvalue weighted by Crippen LogP contribution is -2.49. The van der Waals surface area contributed by atoms with Gasteiger partial charge in [0.1, 0.15) is 22.9 Å². The highest BCUT2D eigenvalue weighted by Crippen LogP contribution is 2.27. The number of hydrogen-bond acceptors (Lipinski definition) is 8. The van der Waals surface area contributed by atoms with Crippen molar-refractivity contribution in [1.82, 2.24) is 20.1 Å². The zero-order valence-electron chi connectivity index (χ0n) is 19.8. The summed E-state index contributed by atoms with van der Waals surface area (Å²) in [4.78, 5) is 21.6. The zero-order chi connectivity index (χ0) is 24.2. The van der Waals surface area contributed by atoms with E-state index in [0.717, 1.165) is 48.8 Å². The van der Waals surface area contributed by atoms with Crippen molar-refractivity contribution in [1.29, 1.82) is 0 Å². The molecule has 4 rings (SSSR count). The molecule has 3 heterocycles. The Morgan fingerprint density at radius 1 is 1.21 bits per heavy atom. The first-order valence-corrected chi connectivity index (χ1v) is 11.4. The van der Waals surface area contributed by atoms with Crippen LogP contribution in [-0.2, 0) is 6.54 Å². The fourth-order valence-corrected chi connectivity index (χ4v) is 4.16. The van der Waals surface area contributed by atoms with Crippen molar-refractivity contribution >= 4 is 29.0 Å². The predicted molar refractivity (Wildman–Crippen MR) is 134 cm³/mol. The third kappa shape index (κ3) is 5.23. The second kappa shape index (κ2) is 10.0. The fraction of sp³-hybridized carbons (Fsp3) is 0.375. The van der Waals surface area contributed by atoms with E-state index >= 15 is 0 Å². The summed E-state index contributed by atoms with van der Waals surface area (Å²) in [5, 5.41) is 22.8. The minimum Gasteiger partial charge on any atom is -0.508 e. The number of phenolic OH excluding ortho intramolecular Hbond substituents is 1. The number of nitrogens with two attached hydrogens (primary N) is 1. The molecule has 0 unspecified atom stereocenters. The summed E-state index contributed by atoms with van der Waals surface area (Å²) in [6.07, 6.45) is 1.75. The number of carbonyl (C=O) groups excluding carboxylic acids is 1. The molecule has 1 aromatic carbocycles. The number of aromatic hydroxyl groups is 1. The van der Waals surface area contributed by atoms with Gasteiger partial charge >= 0.3 is 0 Å². The molecule has 1 saturated heterocycles. The third-order valence-corrected chi connectivity index (χ3v) is 6.08. The Morgan fingerprint density at radius 3 is 2.53 bits per heavy atom. The normalized spacial score (nSPS) is 14.4. The van der Waals surface area contributed by atoms with E-state index in [1.807, 2.05) is 13.0 Å². The highest BCUT2D eigenvalue weighted by molar-refractivity contribution is 6.03. The molecule has 3 aromatic rings. The molecule has 0 atom stereocenters. The average molecular weight is 465 g/mol. The minimum absolute atomic E-state index is 0.197. The molecule has 10 nitrogen and oxygen atoms in total. The Morgan fingerprint density at radius 2 is 1.91 bits per heavy atom. The Balaban J connectivity index is 1.45. The maximum Gasteiger partial charge on any atom is 0.256 e. The third-order valence-electron chi connectivity index (χ3n) is 6.08. The predicted octanol–water partition coefficient (Wildman–Crippen LogP) is 2.80. The second-order valence-corrected chi connectivity index (χ2v) is 8.81. The molecule has 0 bridgehead atoms. The minimum atomic E-state index is -0.603. The molecule has 1 aliphatic rings. The van der Waals surface area contributed by atoms with Gasteiger partial charge in [0.2, 0.25) is 0 Å². The zero-order valence-corrected chi connectivity index (χ0v) is 19.8. The largest absolute Gasteiger partial charge is 0.508 e. The molecule has 0 saturated carbocycles. The lowest BCUT2D eigenvalue weighted by atomic mass is 10.2. The Labute approximate surface area is 199 Å². The second-order valence-electron chi connectivity index (χ2n) is 8.81. The maximum absolute atomic E-state index is 12.2. The average Bonchev–Trinajstić information content (AvgIpc) is 3.21. The molecule has 10 heteroatoms. The van der Waals surface area contributed by atoms with Gasteiger partial charge in [0.05, 0.1) is 11.9 Å². The quantitative estimate of drug-likeness (QED) is 0.343. The van der Waals surface area contributed by atoms with E-state index in [4.69, 9.17) is 5.73 Å². The van der Waals surface area contributed by atoms with Crippen molar-refractivity contribution in [3.05, 3.63) is 53.2 Å². The van der Waals surface area contributed by atoms with Gasteiger partial charge in [-0.25, -0.2) is 4.98 Å². The van der Waals surface area contributed by atoms with E-state index in [1.165, 1.54) is 0 Å². The van der Waals surface area contributed by atoms with Gasteiger partial charge in [-0.05, 0) is 50.1 Å². The van der Waals surface area contributed by atoms with Crippen LogP contribution < -0.4 is 21.3 Å². The number of piperazine rings is 1. The molecular weight excluding hydrogens is 432 g/mol. The van der Waals surface area contributed by atoms with Crippen molar-refractivity contribution in [2.75, 3.05) is 41.7 Å². The molecule has 34 heavy (non-hydrogen) atoms. The van der Waals surface area contributed by atoms with Crippen molar-refractivity contribution in [2.45, 2.75) is 33.4 Å². The number of primary amides is 1. The van der Waals surface area contributed by atoms with Crippen molar-refractivity contribution < 1.29 is 9.90 Å². The van der Waals surface area contributed by atoms with Crippen LogP contribution in [0.3, 0.4) is 0 Å². The highest BCUT2D eigenvalue weighted by Gasteiger charge is 2.22. The SMILES string of the molecule is Cc1cc(Nc2n[nH]c(NCc3ccc(O)cc3)c2C(N)=O)cnc1N1CCN(C(C)C)CC1. The number of carbonyl (C=O) groups is 1. The summed E-state index contributed by atoms with van der Waals surface area (Å²) >= 11 is 0. The van der Waals surface area contributed by atoms with E-state index in [0.29, 0.717) is 24.2 Å². The van der Waals surface area contributed by atoms with Crippen LogP contribution in [0, 0.1) is 6.92 Å². The number of amides is 1. The number of aromatic amines is 1. The monoisotopic (exact) mass is 464 g/mol. The lowest BCUT2D eigenvalue weighted by Gasteiger charge is -2.38. The first kappa shape index (κ1) is 23.4. The van der Waals surface area contributed by atoms with Gasteiger partial charge in [-0.1, -0.05) is 12.1 Å². The summed E-state index contributed by atoms with van der Waals surface area (Å²) in [7, 11) is 0. The molecule has 0 radical (unpaired) electrons. The maximum atomic E-state index is 12.2. The first-order chi connectivity index (χ1) is 16.3. The number of aromatic nitrogens is 3. The number of anilines is 4.